The number of alkyl halides is 1. The maximum Gasteiger partial charge on any atom is 0.223 e. The first kappa shape index (κ1) is 14.8. The molecule has 0 saturated heterocycles. The highest BCUT2D eigenvalue weighted by Crippen LogP contribution is 2.65. The predicted octanol–water partition coefficient (Wildman–Crippen LogP) is 4.36. The molecule has 4 saturated carbocycles. The molecular formula is C18H24BrNO2. The van der Waals surface area contributed by atoms with E-state index in [1.807, 2.05) is 24.1 Å². The summed E-state index contributed by atoms with van der Waals surface area (Å²) >= 11 is 4.03. The van der Waals surface area contributed by atoms with Crippen molar-refractivity contribution in [1.82, 2.24) is 4.90 Å². The minimum Gasteiger partial charge on any atom is -0.467 e. The molecule has 2 unspecified atom stereocenters. The first-order chi connectivity index (χ1) is 10.5. The number of amides is 1. The molecular weight excluding hydrogens is 342 g/mol. The van der Waals surface area contributed by atoms with E-state index in [-0.39, 0.29) is 11.3 Å². The van der Waals surface area contributed by atoms with Crippen molar-refractivity contribution in [2.75, 3.05) is 7.05 Å². The maximum atomic E-state index is 12.7. The lowest BCUT2D eigenvalue weighted by Crippen LogP contribution is -2.54. The number of hydrogen-bond acceptors (Lipinski definition) is 2. The standard InChI is InChI=1S/C18H24BrNO2/c1-20(11-15-3-2-4-22-15)16(21)10-17-6-13-5-14(7-17)9-18(19,8-13)12-17/h2-4,13-14H,5-12H2,1H3. The lowest BCUT2D eigenvalue weighted by Gasteiger charge is -2.60. The Bertz CT molecular complexity index is 554. The van der Waals surface area contributed by atoms with Gasteiger partial charge in [-0.15, -0.1) is 0 Å². The van der Waals surface area contributed by atoms with E-state index < -0.39 is 0 Å². The Balaban J connectivity index is 1.45. The second kappa shape index (κ2) is 5.12. The summed E-state index contributed by atoms with van der Waals surface area (Å²) < 4.78 is 5.69. The van der Waals surface area contributed by atoms with Crippen molar-refractivity contribution in [1.29, 1.82) is 0 Å². The van der Waals surface area contributed by atoms with Crippen LogP contribution in [0.4, 0.5) is 0 Å². The van der Waals surface area contributed by atoms with E-state index in [4.69, 9.17) is 4.42 Å². The number of hydrogen-bond donors (Lipinski definition) is 0. The molecule has 4 fully saturated rings. The fourth-order valence-electron chi connectivity index (χ4n) is 5.72. The van der Waals surface area contributed by atoms with Crippen LogP contribution >= 0.6 is 15.9 Å². The molecule has 4 bridgehead atoms. The first-order valence-electron chi connectivity index (χ1n) is 8.41. The molecule has 1 amide bonds. The number of halogens is 1. The molecule has 120 valence electrons. The molecule has 0 spiro atoms. The third-order valence-electron chi connectivity index (χ3n) is 6.04. The Hall–Kier alpha value is -0.770. The van der Waals surface area contributed by atoms with Crippen LogP contribution in [0.3, 0.4) is 0 Å². The van der Waals surface area contributed by atoms with Gasteiger partial charge in [-0.2, -0.15) is 0 Å². The largest absolute Gasteiger partial charge is 0.467 e. The van der Waals surface area contributed by atoms with Crippen LogP contribution in [0.2, 0.25) is 0 Å². The van der Waals surface area contributed by atoms with Crippen LogP contribution in [0.1, 0.15) is 50.7 Å². The molecule has 4 aliphatic carbocycles. The summed E-state index contributed by atoms with van der Waals surface area (Å²) in [6.07, 6.45) is 10.1. The van der Waals surface area contributed by atoms with Crippen LogP contribution in [0.25, 0.3) is 0 Å². The van der Waals surface area contributed by atoms with Gasteiger partial charge in [0.25, 0.3) is 0 Å². The highest BCUT2D eigenvalue weighted by atomic mass is 79.9. The molecule has 2 atom stereocenters. The summed E-state index contributed by atoms with van der Waals surface area (Å²) in [5.41, 5.74) is 0.252. The summed E-state index contributed by atoms with van der Waals surface area (Å²) in [4.78, 5) is 14.6. The van der Waals surface area contributed by atoms with Gasteiger partial charge >= 0.3 is 0 Å². The van der Waals surface area contributed by atoms with Crippen molar-refractivity contribution in [3.05, 3.63) is 24.2 Å². The zero-order chi connectivity index (χ0) is 15.4. The second-order valence-corrected chi connectivity index (χ2v) is 9.80. The number of carbonyl (C=O) groups is 1. The van der Waals surface area contributed by atoms with E-state index in [0.29, 0.717) is 17.3 Å². The zero-order valence-corrected chi connectivity index (χ0v) is 14.8. The fourth-order valence-corrected chi connectivity index (χ4v) is 7.23. The molecule has 3 nitrogen and oxygen atoms in total. The smallest absolute Gasteiger partial charge is 0.223 e. The van der Waals surface area contributed by atoms with Crippen molar-refractivity contribution in [2.45, 2.75) is 55.8 Å². The van der Waals surface area contributed by atoms with Gasteiger partial charge in [0.05, 0.1) is 12.8 Å². The number of nitrogens with zero attached hydrogens (tertiary/aromatic N) is 1. The van der Waals surface area contributed by atoms with Crippen molar-refractivity contribution in [3.63, 3.8) is 0 Å². The SMILES string of the molecule is CN(Cc1ccco1)C(=O)CC12CC3CC(CC(Br)(C3)C1)C2. The molecule has 0 aliphatic heterocycles. The first-order valence-corrected chi connectivity index (χ1v) is 9.20. The van der Waals surface area contributed by atoms with Gasteiger partial charge in [-0.1, -0.05) is 15.9 Å². The zero-order valence-electron chi connectivity index (χ0n) is 13.2. The molecule has 1 heterocycles. The summed E-state index contributed by atoms with van der Waals surface area (Å²) in [6, 6.07) is 3.81. The third-order valence-corrected chi connectivity index (χ3v) is 6.96. The summed E-state index contributed by atoms with van der Waals surface area (Å²) in [5, 5.41) is 0. The van der Waals surface area contributed by atoms with Crippen LogP contribution in [-0.4, -0.2) is 22.2 Å². The van der Waals surface area contributed by atoms with Crippen molar-refractivity contribution < 1.29 is 9.21 Å². The summed E-state index contributed by atoms with van der Waals surface area (Å²) in [5.74, 6) is 2.81. The third kappa shape index (κ3) is 2.64. The number of furan rings is 1. The topological polar surface area (TPSA) is 33.5 Å². The summed E-state index contributed by atoms with van der Waals surface area (Å²) in [7, 11) is 1.90. The van der Waals surface area contributed by atoms with Crippen LogP contribution in [-0.2, 0) is 11.3 Å². The van der Waals surface area contributed by atoms with Crippen molar-refractivity contribution >= 4 is 21.8 Å². The van der Waals surface area contributed by atoms with Gasteiger partial charge in [0.2, 0.25) is 5.91 Å². The van der Waals surface area contributed by atoms with Crippen molar-refractivity contribution in [3.8, 4) is 0 Å². The van der Waals surface area contributed by atoms with Gasteiger partial charge < -0.3 is 9.32 Å². The lowest BCUT2D eigenvalue weighted by atomic mass is 9.48. The van der Waals surface area contributed by atoms with E-state index in [9.17, 15) is 4.79 Å². The molecule has 5 rings (SSSR count). The maximum absolute atomic E-state index is 12.7. The predicted molar refractivity (Wildman–Crippen MR) is 88.6 cm³/mol. The normalized spacial score (nSPS) is 39.2. The Kier molecular flexibility index (Phi) is 3.44. The van der Waals surface area contributed by atoms with Crippen LogP contribution < -0.4 is 0 Å². The van der Waals surface area contributed by atoms with Crippen LogP contribution in [0, 0.1) is 17.3 Å². The molecule has 0 radical (unpaired) electrons. The minimum atomic E-state index is 0.252. The van der Waals surface area contributed by atoms with Gasteiger partial charge in [-0.3, -0.25) is 4.79 Å². The summed E-state index contributed by atoms with van der Waals surface area (Å²) in [6.45, 7) is 0.578. The number of rotatable bonds is 4. The molecule has 1 aromatic rings. The molecule has 4 aliphatic rings. The second-order valence-electron chi connectivity index (χ2n) is 8.12. The fraction of sp³-hybridized carbons (Fsp3) is 0.722. The van der Waals surface area contributed by atoms with Gasteiger partial charge in [0.1, 0.15) is 5.76 Å². The van der Waals surface area contributed by atoms with Gasteiger partial charge in [0.15, 0.2) is 0 Å². The lowest BCUT2D eigenvalue weighted by molar-refractivity contribution is -0.137. The molecule has 1 aromatic heterocycles. The highest BCUT2D eigenvalue weighted by Gasteiger charge is 2.57. The van der Waals surface area contributed by atoms with Gasteiger partial charge in [0, 0.05) is 17.8 Å². The van der Waals surface area contributed by atoms with Gasteiger partial charge in [-0.05, 0) is 67.9 Å². The van der Waals surface area contributed by atoms with E-state index >= 15 is 0 Å². The highest BCUT2D eigenvalue weighted by molar-refractivity contribution is 9.10. The van der Waals surface area contributed by atoms with Crippen molar-refractivity contribution in [2.24, 2.45) is 17.3 Å². The van der Waals surface area contributed by atoms with Gasteiger partial charge in [-0.25, -0.2) is 0 Å². The monoisotopic (exact) mass is 365 g/mol. The van der Waals surface area contributed by atoms with E-state index in [1.54, 1.807) is 6.26 Å². The van der Waals surface area contributed by atoms with E-state index in [2.05, 4.69) is 15.9 Å². The molecule has 22 heavy (non-hydrogen) atoms. The van der Waals surface area contributed by atoms with Crippen LogP contribution in [0.15, 0.2) is 22.8 Å². The van der Waals surface area contributed by atoms with E-state index in [1.165, 1.54) is 38.5 Å². The quantitative estimate of drug-likeness (QED) is 0.742. The van der Waals surface area contributed by atoms with Crippen LogP contribution in [0.5, 0.6) is 0 Å². The Labute approximate surface area is 140 Å². The van der Waals surface area contributed by atoms with E-state index in [0.717, 1.165) is 17.6 Å². The molecule has 0 N–H and O–H groups in total. The average Bonchev–Trinajstić information content (AvgIpc) is 2.87. The average molecular weight is 366 g/mol. The Morgan fingerprint density at radius 2 is 2.09 bits per heavy atom. The molecule has 0 aromatic carbocycles. The Morgan fingerprint density at radius 3 is 2.68 bits per heavy atom. The minimum absolute atomic E-state index is 0.252. The Morgan fingerprint density at radius 1 is 1.36 bits per heavy atom. The number of carbonyl (C=O) groups excluding carboxylic acids is 1. The molecule has 4 heteroatoms.